The topological polar surface area (TPSA) is 103 Å². The lowest BCUT2D eigenvalue weighted by molar-refractivity contribution is -0.115. The van der Waals surface area contributed by atoms with Crippen LogP contribution in [0.1, 0.15) is 32.0 Å². The SMILES string of the molecule is Cn1cc(-c2cc3ncnc(Nc4ccc(CC(=O)Nc5cc(C(C)(C)C)nn5C)cc4)c3s2)cn1. The monoisotopic (exact) mass is 500 g/mol. The first-order valence-corrected chi connectivity index (χ1v) is 12.4. The van der Waals surface area contributed by atoms with Crippen LogP contribution < -0.4 is 10.6 Å². The minimum Gasteiger partial charge on any atom is -0.339 e. The third-order valence-corrected chi connectivity index (χ3v) is 6.98. The number of hydrogen-bond acceptors (Lipinski definition) is 7. The summed E-state index contributed by atoms with van der Waals surface area (Å²) in [6, 6.07) is 11.8. The molecule has 4 aromatic heterocycles. The molecule has 36 heavy (non-hydrogen) atoms. The number of benzene rings is 1. The van der Waals surface area contributed by atoms with E-state index in [1.54, 1.807) is 27.0 Å². The third-order valence-electron chi connectivity index (χ3n) is 5.80. The highest BCUT2D eigenvalue weighted by atomic mass is 32.1. The number of hydrogen-bond donors (Lipinski definition) is 2. The van der Waals surface area contributed by atoms with Crippen molar-refractivity contribution in [3.8, 4) is 10.4 Å². The Morgan fingerprint density at radius 2 is 1.86 bits per heavy atom. The Bertz CT molecular complexity index is 1540. The zero-order valence-electron chi connectivity index (χ0n) is 20.9. The molecule has 1 aromatic carbocycles. The first kappa shape index (κ1) is 23.7. The van der Waals surface area contributed by atoms with E-state index in [4.69, 9.17) is 0 Å². The molecule has 0 bridgehead atoms. The van der Waals surface area contributed by atoms with Crippen LogP contribution in [0, 0.1) is 0 Å². The van der Waals surface area contributed by atoms with Gasteiger partial charge in [0, 0.05) is 47.9 Å². The van der Waals surface area contributed by atoms with Crippen LogP contribution in [-0.2, 0) is 30.7 Å². The summed E-state index contributed by atoms with van der Waals surface area (Å²) in [7, 11) is 3.74. The van der Waals surface area contributed by atoms with Crippen LogP contribution in [0.2, 0.25) is 0 Å². The molecule has 0 aliphatic heterocycles. The van der Waals surface area contributed by atoms with Gasteiger partial charge in [-0.25, -0.2) is 9.97 Å². The van der Waals surface area contributed by atoms with Crippen molar-refractivity contribution in [3.05, 3.63) is 66.4 Å². The molecule has 0 fully saturated rings. The van der Waals surface area contributed by atoms with Gasteiger partial charge in [-0.15, -0.1) is 11.3 Å². The summed E-state index contributed by atoms with van der Waals surface area (Å²) in [6.07, 6.45) is 5.66. The van der Waals surface area contributed by atoms with Crippen molar-refractivity contribution in [2.75, 3.05) is 10.6 Å². The van der Waals surface area contributed by atoms with E-state index < -0.39 is 0 Å². The standard InChI is InChI=1S/C26H28N8OS/c1-26(2,3)21-12-22(34(5)32-21)31-23(35)10-16-6-8-18(9-7-16)30-25-24-19(27-15-28-25)11-20(36-24)17-13-29-33(4)14-17/h6-9,11-15H,10H2,1-5H3,(H,31,35)(H,27,28,30). The van der Waals surface area contributed by atoms with E-state index >= 15 is 0 Å². The summed E-state index contributed by atoms with van der Waals surface area (Å²) < 4.78 is 4.47. The molecular weight excluding hydrogens is 472 g/mol. The number of aromatic nitrogens is 6. The number of fused-ring (bicyclic) bond motifs is 1. The molecule has 0 radical (unpaired) electrons. The molecule has 0 aliphatic rings. The molecule has 0 spiro atoms. The zero-order valence-corrected chi connectivity index (χ0v) is 21.7. The molecule has 5 aromatic rings. The number of nitrogens with zero attached hydrogens (tertiary/aromatic N) is 6. The van der Waals surface area contributed by atoms with E-state index in [9.17, 15) is 4.79 Å². The molecule has 4 heterocycles. The van der Waals surface area contributed by atoms with Crippen LogP contribution in [0.25, 0.3) is 20.7 Å². The van der Waals surface area contributed by atoms with Gasteiger partial charge < -0.3 is 10.6 Å². The zero-order chi connectivity index (χ0) is 25.4. The fourth-order valence-electron chi connectivity index (χ4n) is 3.80. The second-order valence-electron chi connectivity index (χ2n) is 9.79. The van der Waals surface area contributed by atoms with Gasteiger partial charge in [0.2, 0.25) is 5.91 Å². The Kier molecular flexibility index (Phi) is 6.05. The van der Waals surface area contributed by atoms with Crippen LogP contribution >= 0.6 is 11.3 Å². The maximum Gasteiger partial charge on any atom is 0.229 e. The second kappa shape index (κ2) is 9.19. The summed E-state index contributed by atoms with van der Waals surface area (Å²) in [5.74, 6) is 1.35. The fourth-order valence-corrected chi connectivity index (χ4v) is 4.83. The minimum absolute atomic E-state index is 0.0811. The largest absolute Gasteiger partial charge is 0.339 e. The number of thiophene rings is 1. The third kappa shape index (κ3) is 4.99. The summed E-state index contributed by atoms with van der Waals surface area (Å²) >= 11 is 1.63. The fraction of sp³-hybridized carbons (Fsp3) is 0.269. The summed E-state index contributed by atoms with van der Waals surface area (Å²) in [6.45, 7) is 6.30. The molecule has 10 heteroatoms. The summed E-state index contributed by atoms with van der Waals surface area (Å²) in [5, 5.41) is 15.1. The molecule has 0 saturated heterocycles. The smallest absolute Gasteiger partial charge is 0.229 e. The van der Waals surface area contributed by atoms with E-state index in [0.717, 1.165) is 43.4 Å². The first-order valence-electron chi connectivity index (χ1n) is 11.6. The van der Waals surface area contributed by atoms with Gasteiger partial charge in [-0.1, -0.05) is 32.9 Å². The van der Waals surface area contributed by atoms with E-state index in [1.165, 1.54) is 0 Å². The molecule has 0 aliphatic carbocycles. The van der Waals surface area contributed by atoms with Gasteiger partial charge >= 0.3 is 0 Å². The first-order chi connectivity index (χ1) is 17.2. The summed E-state index contributed by atoms with van der Waals surface area (Å²) in [5.41, 5.74) is 4.59. The average Bonchev–Trinajstić information content (AvgIpc) is 3.54. The van der Waals surface area contributed by atoms with Crippen molar-refractivity contribution in [3.63, 3.8) is 0 Å². The number of carbonyl (C=O) groups is 1. The molecule has 2 N–H and O–H groups in total. The van der Waals surface area contributed by atoms with Crippen molar-refractivity contribution < 1.29 is 4.79 Å². The number of aryl methyl sites for hydroxylation is 2. The van der Waals surface area contributed by atoms with Gasteiger partial charge in [-0.05, 0) is 23.8 Å². The predicted octanol–water partition coefficient (Wildman–Crippen LogP) is 5.05. The van der Waals surface area contributed by atoms with Gasteiger partial charge in [-0.2, -0.15) is 10.2 Å². The van der Waals surface area contributed by atoms with Crippen LogP contribution in [-0.4, -0.2) is 35.4 Å². The molecule has 0 atom stereocenters. The lowest BCUT2D eigenvalue weighted by Crippen LogP contribution is -2.16. The van der Waals surface area contributed by atoms with Crippen LogP contribution in [0.5, 0.6) is 0 Å². The van der Waals surface area contributed by atoms with E-state index in [0.29, 0.717) is 5.82 Å². The highest BCUT2D eigenvalue weighted by Gasteiger charge is 2.20. The number of amides is 1. The van der Waals surface area contributed by atoms with Crippen LogP contribution in [0.4, 0.5) is 17.3 Å². The number of carbonyl (C=O) groups excluding carboxylic acids is 1. The van der Waals surface area contributed by atoms with Gasteiger partial charge in [0.25, 0.3) is 0 Å². The normalized spacial score (nSPS) is 11.7. The molecule has 0 unspecified atom stereocenters. The molecular formula is C26H28N8OS. The van der Waals surface area contributed by atoms with Crippen molar-refractivity contribution in [1.82, 2.24) is 29.5 Å². The molecule has 9 nitrogen and oxygen atoms in total. The second-order valence-corrected chi connectivity index (χ2v) is 10.8. The Labute approximate surface area is 213 Å². The maximum atomic E-state index is 12.6. The molecule has 0 saturated carbocycles. The Morgan fingerprint density at radius 3 is 2.53 bits per heavy atom. The Morgan fingerprint density at radius 1 is 1.08 bits per heavy atom. The van der Waals surface area contributed by atoms with Crippen molar-refractivity contribution in [2.45, 2.75) is 32.6 Å². The Balaban J connectivity index is 1.27. The molecule has 184 valence electrons. The number of rotatable bonds is 6. The van der Waals surface area contributed by atoms with E-state index in [-0.39, 0.29) is 17.7 Å². The lowest BCUT2D eigenvalue weighted by atomic mass is 9.92. The Hall–Kier alpha value is -4.05. The maximum absolute atomic E-state index is 12.6. The number of nitrogens with one attached hydrogen (secondary N) is 2. The molecule has 1 amide bonds. The van der Waals surface area contributed by atoms with Crippen LogP contribution in [0.15, 0.2) is 55.1 Å². The van der Waals surface area contributed by atoms with Crippen molar-refractivity contribution >= 4 is 44.8 Å². The van der Waals surface area contributed by atoms with E-state index in [2.05, 4.69) is 57.6 Å². The van der Waals surface area contributed by atoms with Gasteiger partial charge in [0.1, 0.15) is 12.1 Å². The average molecular weight is 501 g/mol. The van der Waals surface area contributed by atoms with Gasteiger partial charge in [0.15, 0.2) is 5.82 Å². The highest BCUT2D eigenvalue weighted by molar-refractivity contribution is 7.22. The van der Waals surface area contributed by atoms with Crippen molar-refractivity contribution in [2.24, 2.45) is 14.1 Å². The predicted molar refractivity (Wildman–Crippen MR) is 144 cm³/mol. The van der Waals surface area contributed by atoms with Gasteiger partial charge in [0.05, 0.1) is 28.5 Å². The molecule has 5 rings (SSSR count). The summed E-state index contributed by atoms with van der Waals surface area (Å²) in [4.78, 5) is 22.6. The minimum atomic E-state index is -0.0850. The number of anilines is 3. The van der Waals surface area contributed by atoms with Crippen LogP contribution in [0.3, 0.4) is 0 Å². The van der Waals surface area contributed by atoms with E-state index in [1.807, 2.05) is 56.8 Å². The quantitative estimate of drug-likeness (QED) is 0.338. The lowest BCUT2D eigenvalue weighted by Gasteiger charge is -2.13. The van der Waals surface area contributed by atoms with Crippen molar-refractivity contribution in [1.29, 1.82) is 0 Å². The van der Waals surface area contributed by atoms with Gasteiger partial charge in [-0.3, -0.25) is 14.2 Å². The highest BCUT2D eigenvalue weighted by Crippen LogP contribution is 2.36.